The zero-order valence-electron chi connectivity index (χ0n) is 19.9. The number of carbonyl (C=O) groups is 1. The van der Waals surface area contributed by atoms with E-state index in [9.17, 15) is 4.79 Å². The summed E-state index contributed by atoms with van der Waals surface area (Å²) in [5.41, 5.74) is 2.30. The maximum atomic E-state index is 13.1. The van der Waals surface area contributed by atoms with Gasteiger partial charge >= 0.3 is 0 Å². The summed E-state index contributed by atoms with van der Waals surface area (Å²) in [6, 6.07) is 14.8. The van der Waals surface area contributed by atoms with Gasteiger partial charge in [0, 0.05) is 49.7 Å². The second-order valence-corrected chi connectivity index (χ2v) is 7.89. The Bertz CT molecular complexity index is 1140. The van der Waals surface area contributed by atoms with Crippen LogP contribution in [0.15, 0.2) is 48.5 Å². The molecule has 2 aromatic carbocycles. The summed E-state index contributed by atoms with van der Waals surface area (Å²) >= 11 is 0. The fourth-order valence-electron chi connectivity index (χ4n) is 3.84. The molecule has 1 fully saturated rings. The highest BCUT2D eigenvalue weighted by Gasteiger charge is 2.26. The highest BCUT2D eigenvalue weighted by Crippen LogP contribution is 2.27. The Kier molecular flexibility index (Phi) is 7.01. The lowest BCUT2D eigenvalue weighted by atomic mass is 10.1. The van der Waals surface area contributed by atoms with Gasteiger partial charge in [-0.05, 0) is 43.3 Å². The minimum atomic E-state index is -0.0637. The van der Waals surface area contributed by atoms with Crippen molar-refractivity contribution in [3.63, 3.8) is 0 Å². The standard InChI is InChI=1S/C25H29N5O4/c1-17-15-23(27-18-5-7-19(32-2)8-6-18)28-25(26-17)30-13-11-29(12-14-30)24(31)21-10-9-20(33-3)16-22(21)34-4/h5-10,15-16H,11-14H2,1-4H3,(H,26,27,28). The van der Waals surface area contributed by atoms with E-state index in [2.05, 4.69) is 15.2 Å². The molecule has 1 saturated heterocycles. The molecule has 3 aromatic rings. The van der Waals surface area contributed by atoms with Crippen LogP contribution in [0, 0.1) is 6.92 Å². The van der Waals surface area contributed by atoms with Gasteiger partial charge in [0.25, 0.3) is 5.91 Å². The van der Waals surface area contributed by atoms with E-state index < -0.39 is 0 Å². The Balaban J connectivity index is 1.43. The number of benzene rings is 2. The normalized spacial score (nSPS) is 13.4. The Hall–Kier alpha value is -4.01. The van der Waals surface area contributed by atoms with E-state index in [1.54, 1.807) is 39.5 Å². The molecule has 0 atom stereocenters. The smallest absolute Gasteiger partial charge is 0.257 e. The Labute approximate surface area is 199 Å². The van der Waals surface area contributed by atoms with Gasteiger partial charge in [-0.3, -0.25) is 4.79 Å². The summed E-state index contributed by atoms with van der Waals surface area (Å²) in [6.07, 6.45) is 0. The number of hydrogen-bond donors (Lipinski definition) is 1. The average molecular weight is 464 g/mol. The first kappa shape index (κ1) is 23.2. The molecular weight excluding hydrogens is 434 g/mol. The van der Waals surface area contributed by atoms with Crippen LogP contribution in [-0.4, -0.2) is 68.3 Å². The van der Waals surface area contributed by atoms with Gasteiger partial charge in [0.05, 0.1) is 26.9 Å². The molecule has 1 aliphatic rings. The molecule has 1 aliphatic heterocycles. The summed E-state index contributed by atoms with van der Waals surface area (Å²) in [4.78, 5) is 26.4. The number of carbonyl (C=O) groups excluding carboxylic acids is 1. The number of aryl methyl sites for hydroxylation is 1. The molecule has 2 heterocycles. The second kappa shape index (κ2) is 10.3. The second-order valence-electron chi connectivity index (χ2n) is 7.89. The fraction of sp³-hybridized carbons (Fsp3) is 0.320. The number of aromatic nitrogens is 2. The molecule has 9 heteroatoms. The number of anilines is 3. The number of methoxy groups -OCH3 is 3. The van der Waals surface area contributed by atoms with E-state index in [0.29, 0.717) is 55.0 Å². The van der Waals surface area contributed by atoms with Crippen LogP contribution < -0.4 is 24.4 Å². The zero-order chi connectivity index (χ0) is 24.1. The van der Waals surface area contributed by atoms with Crippen LogP contribution in [0.25, 0.3) is 0 Å². The van der Waals surface area contributed by atoms with Crippen molar-refractivity contribution >= 4 is 23.4 Å². The van der Waals surface area contributed by atoms with Gasteiger partial charge in [0.15, 0.2) is 0 Å². The summed E-state index contributed by atoms with van der Waals surface area (Å²) in [5.74, 6) is 3.24. The molecule has 4 rings (SSSR count). The fourth-order valence-corrected chi connectivity index (χ4v) is 3.84. The first-order valence-electron chi connectivity index (χ1n) is 11.0. The van der Waals surface area contributed by atoms with E-state index in [1.807, 2.05) is 42.2 Å². The van der Waals surface area contributed by atoms with Crippen molar-refractivity contribution in [2.45, 2.75) is 6.92 Å². The number of nitrogens with one attached hydrogen (secondary N) is 1. The molecule has 1 N–H and O–H groups in total. The molecule has 0 aliphatic carbocycles. The predicted octanol–water partition coefficient (Wildman–Crippen LogP) is 3.52. The van der Waals surface area contributed by atoms with Crippen LogP contribution in [0.5, 0.6) is 17.2 Å². The lowest BCUT2D eigenvalue weighted by molar-refractivity contribution is 0.0742. The van der Waals surface area contributed by atoms with Gasteiger partial charge in [-0.25, -0.2) is 4.98 Å². The molecule has 9 nitrogen and oxygen atoms in total. The predicted molar refractivity (Wildman–Crippen MR) is 131 cm³/mol. The van der Waals surface area contributed by atoms with Crippen molar-refractivity contribution < 1.29 is 19.0 Å². The van der Waals surface area contributed by atoms with Crippen LogP contribution in [0.1, 0.15) is 16.1 Å². The lowest BCUT2D eigenvalue weighted by Gasteiger charge is -2.35. The molecule has 34 heavy (non-hydrogen) atoms. The van der Waals surface area contributed by atoms with E-state index in [4.69, 9.17) is 19.2 Å². The monoisotopic (exact) mass is 463 g/mol. The van der Waals surface area contributed by atoms with E-state index in [1.165, 1.54) is 0 Å². The lowest BCUT2D eigenvalue weighted by Crippen LogP contribution is -2.49. The van der Waals surface area contributed by atoms with E-state index in [0.717, 1.165) is 17.1 Å². The van der Waals surface area contributed by atoms with Gasteiger partial charge in [0.1, 0.15) is 23.1 Å². The molecule has 0 saturated carbocycles. The summed E-state index contributed by atoms with van der Waals surface area (Å²) in [6.45, 7) is 4.34. The first-order valence-corrected chi connectivity index (χ1v) is 11.0. The van der Waals surface area contributed by atoms with Crippen molar-refractivity contribution in [1.29, 1.82) is 0 Å². The van der Waals surface area contributed by atoms with Gasteiger partial charge in [-0.1, -0.05) is 0 Å². The van der Waals surface area contributed by atoms with Gasteiger partial charge in [-0.2, -0.15) is 4.98 Å². The number of piperazine rings is 1. The molecular formula is C25H29N5O4. The number of amides is 1. The van der Waals surface area contributed by atoms with Gasteiger partial charge in [-0.15, -0.1) is 0 Å². The average Bonchev–Trinajstić information content (AvgIpc) is 2.88. The van der Waals surface area contributed by atoms with Crippen molar-refractivity contribution in [3.8, 4) is 17.2 Å². The van der Waals surface area contributed by atoms with Crippen molar-refractivity contribution in [2.24, 2.45) is 0 Å². The molecule has 178 valence electrons. The highest BCUT2D eigenvalue weighted by molar-refractivity contribution is 5.97. The van der Waals surface area contributed by atoms with Gasteiger partial charge in [0.2, 0.25) is 5.95 Å². The number of ether oxygens (including phenoxy) is 3. The maximum absolute atomic E-state index is 13.1. The van der Waals surface area contributed by atoms with Gasteiger partial charge < -0.3 is 29.3 Å². The minimum Gasteiger partial charge on any atom is -0.497 e. The Morgan fingerprint density at radius 2 is 1.53 bits per heavy atom. The van der Waals surface area contributed by atoms with Crippen LogP contribution in [0.2, 0.25) is 0 Å². The maximum Gasteiger partial charge on any atom is 0.257 e. The summed E-state index contributed by atoms with van der Waals surface area (Å²) < 4.78 is 15.9. The third-order valence-corrected chi connectivity index (χ3v) is 5.69. The SMILES string of the molecule is COc1ccc(Nc2cc(C)nc(N3CCN(C(=O)c4ccc(OC)cc4OC)CC3)n2)cc1. The molecule has 0 spiro atoms. The molecule has 1 aromatic heterocycles. The third kappa shape index (κ3) is 5.14. The third-order valence-electron chi connectivity index (χ3n) is 5.69. The van der Waals surface area contributed by atoms with E-state index >= 15 is 0 Å². The molecule has 1 amide bonds. The molecule has 0 bridgehead atoms. The van der Waals surface area contributed by atoms with Crippen LogP contribution in [0.4, 0.5) is 17.5 Å². The largest absolute Gasteiger partial charge is 0.497 e. The van der Waals surface area contributed by atoms with Crippen LogP contribution in [-0.2, 0) is 0 Å². The molecule has 0 unspecified atom stereocenters. The van der Waals surface area contributed by atoms with Crippen LogP contribution >= 0.6 is 0 Å². The zero-order valence-corrected chi connectivity index (χ0v) is 19.9. The minimum absolute atomic E-state index is 0.0637. The number of rotatable bonds is 7. The Morgan fingerprint density at radius 1 is 0.853 bits per heavy atom. The van der Waals surface area contributed by atoms with Crippen molar-refractivity contribution in [1.82, 2.24) is 14.9 Å². The van der Waals surface area contributed by atoms with Crippen molar-refractivity contribution in [3.05, 3.63) is 59.8 Å². The summed E-state index contributed by atoms with van der Waals surface area (Å²) in [7, 11) is 4.78. The topological polar surface area (TPSA) is 89.1 Å². The molecule has 0 radical (unpaired) electrons. The number of nitrogens with zero attached hydrogens (tertiary/aromatic N) is 4. The highest BCUT2D eigenvalue weighted by atomic mass is 16.5. The Morgan fingerprint density at radius 3 is 2.18 bits per heavy atom. The quantitative estimate of drug-likeness (QED) is 0.569. The van der Waals surface area contributed by atoms with Crippen LogP contribution in [0.3, 0.4) is 0 Å². The van der Waals surface area contributed by atoms with E-state index in [-0.39, 0.29) is 5.91 Å². The number of hydrogen-bond acceptors (Lipinski definition) is 8. The van der Waals surface area contributed by atoms with Crippen molar-refractivity contribution in [2.75, 3.05) is 57.7 Å². The summed E-state index contributed by atoms with van der Waals surface area (Å²) in [5, 5.41) is 3.32. The first-order chi connectivity index (χ1) is 16.5.